The summed E-state index contributed by atoms with van der Waals surface area (Å²) in [5.41, 5.74) is 2.01. The van der Waals surface area contributed by atoms with E-state index in [0.717, 1.165) is 21.5 Å². The van der Waals surface area contributed by atoms with E-state index in [9.17, 15) is 0 Å². The van der Waals surface area contributed by atoms with Crippen molar-refractivity contribution in [2.45, 2.75) is 0 Å². The zero-order valence-electron chi connectivity index (χ0n) is 7.81. The molecule has 74 valence electrons. The van der Waals surface area contributed by atoms with Crippen LogP contribution in [0.3, 0.4) is 0 Å². The number of hydrogen-bond acceptors (Lipinski definition) is 1. The Balaban J connectivity index is 2.22. The molecule has 3 rings (SSSR count). The number of benzene rings is 1. The highest BCUT2D eigenvalue weighted by molar-refractivity contribution is 9.10. The summed E-state index contributed by atoms with van der Waals surface area (Å²) in [6.45, 7) is 0. The molecular formula is C11H8BrN3. The number of halogens is 1. The summed E-state index contributed by atoms with van der Waals surface area (Å²) in [5, 5.41) is 0. The molecule has 0 bridgehead atoms. The lowest BCUT2D eigenvalue weighted by Gasteiger charge is -1.93. The van der Waals surface area contributed by atoms with Gasteiger partial charge in [-0.25, -0.2) is 4.98 Å². The Kier molecular flexibility index (Phi) is 1.89. The topological polar surface area (TPSA) is 33.6 Å². The maximum Gasteiger partial charge on any atom is 0.212 e. The smallest absolute Gasteiger partial charge is 0.212 e. The second kappa shape index (κ2) is 3.24. The predicted molar refractivity (Wildman–Crippen MR) is 63.1 cm³/mol. The molecule has 0 fully saturated rings. The van der Waals surface area contributed by atoms with E-state index in [1.165, 1.54) is 0 Å². The third-order valence-electron chi connectivity index (χ3n) is 2.28. The third kappa shape index (κ3) is 1.47. The van der Waals surface area contributed by atoms with E-state index in [4.69, 9.17) is 0 Å². The predicted octanol–water partition coefficient (Wildman–Crippen LogP) is 3.12. The normalized spacial score (nSPS) is 11.0. The van der Waals surface area contributed by atoms with Crippen molar-refractivity contribution in [2.75, 3.05) is 0 Å². The van der Waals surface area contributed by atoms with Crippen LogP contribution in [0, 0.1) is 0 Å². The van der Waals surface area contributed by atoms with Crippen molar-refractivity contribution in [3.8, 4) is 5.95 Å². The van der Waals surface area contributed by atoms with Gasteiger partial charge in [0.1, 0.15) is 0 Å². The monoisotopic (exact) mass is 261 g/mol. The fraction of sp³-hybridized carbons (Fsp3) is 0. The maximum absolute atomic E-state index is 4.49. The average molecular weight is 262 g/mol. The summed E-state index contributed by atoms with van der Waals surface area (Å²) < 4.78 is 2.99. The third-order valence-corrected chi connectivity index (χ3v) is 2.77. The van der Waals surface area contributed by atoms with Crippen LogP contribution in [0.4, 0.5) is 0 Å². The SMILES string of the molecule is Brc1ccc2[nH]c(-n3cccc3)nc2c1. The van der Waals surface area contributed by atoms with Crippen LogP contribution < -0.4 is 0 Å². The van der Waals surface area contributed by atoms with Gasteiger partial charge in [0.05, 0.1) is 11.0 Å². The largest absolute Gasteiger partial charge is 0.323 e. The number of hydrogen-bond donors (Lipinski definition) is 1. The number of aromatic amines is 1. The van der Waals surface area contributed by atoms with Gasteiger partial charge in [0.25, 0.3) is 0 Å². The number of fused-ring (bicyclic) bond motifs is 1. The lowest BCUT2D eigenvalue weighted by atomic mass is 10.3. The van der Waals surface area contributed by atoms with Gasteiger partial charge in [-0.15, -0.1) is 0 Å². The molecule has 0 amide bonds. The second-order valence-corrected chi connectivity index (χ2v) is 4.23. The zero-order chi connectivity index (χ0) is 10.3. The Hall–Kier alpha value is -1.55. The van der Waals surface area contributed by atoms with Gasteiger partial charge in [-0.2, -0.15) is 0 Å². The summed E-state index contributed by atoms with van der Waals surface area (Å²) in [6.07, 6.45) is 3.93. The van der Waals surface area contributed by atoms with Gasteiger partial charge in [0, 0.05) is 16.9 Å². The van der Waals surface area contributed by atoms with Crippen LogP contribution in [0.5, 0.6) is 0 Å². The van der Waals surface area contributed by atoms with Crippen molar-refractivity contribution < 1.29 is 0 Å². The Labute approximate surface area is 94.9 Å². The van der Waals surface area contributed by atoms with Crippen molar-refractivity contribution in [1.82, 2.24) is 14.5 Å². The fourth-order valence-corrected chi connectivity index (χ4v) is 1.91. The van der Waals surface area contributed by atoms with Crippen molar-refractivity contribution in [2.24, 2.45) is 0 Å². The molecule has 3 aromatic rings. The standard InChI is InChI=1S/C11H8BrN3/c12-8-3-4-9-10(7-8)14-11(13-9)15-5-1-2-6-15/h1-7H,(H,13,14). The maximum atomic E-state index is 4.49. The molecule has 0 saturated heterocycles. The highest BCUT2D eigenvalue weighted by Gasteiger charge is 2.03. The van der Waals surface area contributed by atoms with Crippen molar-refractivity contribution in [1.29, 1.82) is 0 Å². The van der Waals surface area contributed by atoms with Crippen LogP contribution >= 0.6 is 15.9 Å². The molecule has 0 atom stereocenters. The number of imidazole rings is 1. The number of nitrogens with zero attached hydrogens (tertiary/aromatic N) is 2. The fourth-order valence-electron chi connectivity index (χ4n) is 1.56. The lowest BCUT2D eigenvalue weighted by molar-refractivity contribution is 0.981. The number of H-pyrrole nitrogens is 1. The van der Waals surface area contributed by atoms with E-state index in [2.05, 4.69) is 25.9 Å². The van der Waals surface area contributed by atoms with Gasteiger partial charge in [-0.05, 0) is 30.3 Å². The number of nitrogens with one attached hydrogen (secondary N) is 1. The first-order valence-corrected chi connectivity index (χ1v) is 5.41. The molecule has 0 saturated carbocycles. The minimum absolute atomic E-state index is 0.841. The Bertz CT molecular complexity index is 595. The van der Waals surface area contributed by atoms with E-state index in [1.807, 2.05) is 47.3 Å². The van der Waals surface area contributed by atoms with E-state index < -0.39 is 0 Å². The lowest BCUT2D eigenvalue weighted by Crippen LogP contribution is -1.90. The molecule has 0 aliphatic carbocycles. The van der Waals surface area contributed by atoms with Crippen LogP contribution in [0.25, 0.3) is 17.0 Å². The van der Waals surface area contributed by atoms with Crippen LogP contribution in [0.15, 0.2) is 47.2 Å². The average Bonchev–Trinajstić information content (AvgIpc) is 2.84. The molecule has 1 aromatic carbocycles. The minimum atomic E-state index is 0.841. The van der Waals surface area contributed by atoms with E-state index in [0.29, 0.717) is 0 Å². The Morgan fingerprint density at radius 1 is 1.20 bits per heavy atom. The molecule has 2 heterocycles. The van der Waals surface area contributed by atoms with Gasteiger partial charge in [0.2, 0.25) is 5.95 Å². The molecule has 0 unspecified atom stereocenters. The van der Waals surface area contributed by atoms with Crippen molar-refractivity contribution >= 4 is 27.0 Å². The molecule has 0 aliphatic heterocycles. The molecule has 0 aliphatic rings. The molecular weight excluding hydrogens is 254 g/mol. The molecule has 0 spiro atoms. The van der Waals surface area contributed by atoms with E-state index >= 15 is 0 Å². The van der Waals surface area contributed by atoms with Gasteiger partial charge >= 0.3 is 0 Å². The van der Waals surface area contributed by atoms with Crippen LogP contribution in [-0.2, 0) is 0 Å². The highest BCUT2D eigenvalue weighted by Crippen LogP contribution is 2.18. The van der Waals surface area contributed by atoms with Gasteiger partial charge < -0.3 is 4.98 Å². The van der Waals surface area contributed by atoms with Crippen LogP contribution in [0.2, 0.25) is 0 Å². The minimum Gasteiger partial charge on any atom is -0.323 e. The van der Waals surface area contributed by atoms with E-state index in [1.54, 1.807) is 0 Å². The second-order valence-electron chi connectivity index (χ2n) is 3.31. The first kappa shape index (κ1) is 8.73. The van der Waals surface area contributed by atoms with E-state index in [-0.39, 0.29) is 0 Å². The summed E-state index contributed by atoms with van der Waals surface area (Å²) >= 11 is 3.43. The molecule has 15 heavy (non-hydrogen) atoms. The summed E-state index contributed by atoms with van der Waals surface area (Å²) in [5.74, 6) is 0.841. The summed E-state index contributed by atoms with van der Waals surface area (Å²) in [7, 11) is 0. The van der Waals surface area contributed by atoms with Gasteiger partial charge in [-0.1, -0.05) is 15.9 Å². The molecule has 2 aromatic heterocycles. The Morgan fingerprint density at radius 2 is 2.00 bits per heavy atom. The first-order valence-electron chi connectivity index (χ1n) is 4.61. The quantitative estimate of drug-likeness (QED) is 0.718. The van der Waals surface area contributed by atoms with Gasteiger partial charge in [-0.3, -0.25) is 4.57 Å². The van der Waals surface area contributed by atoms with Crippen LogP contribution in [0.1, 0.15) is 0 Å². The zero-order valence-corrected chi connectivity index (χ0v) is 9.40. The van der Waals surface area contributed by atoms with Crippen LogP contribution in [-0.4, -0.2) is 14.5 Å². The van der Waals surface area contributed by atoms with Crippen molar-refractivity contribution in [3.63, 3.8) is 0 Å². The number of aromatic nitrogens is 3. The summed E-state index contributed by atoms with van der Waals surface area (Å²) in [6, 6.07) is 9.96. The number of rotatable bonds is 1. The van der Waals surface area contributed by atoms with Gasteiger partial charge in [0.15, 0.2) is 0 Å². The summed E-state index contributed by atoms with van der Waals surface area (Å²) in [4.78, 5) is 7.75. The molecule has 3 nitrogen and oxygen atoms in total. The molecule has 1 N–H and O–H groups in total. The molecule has 4 heteroatoms. The first-order chi connectivity index (χ1) is 7.33. The highest BCUT2D eigenvalue weighted by atomic mass is 79.9. The molecule has 0 radical (unpaired) electrons. The van der Waals surface area contributed by atoms with Crippen molar-refractivity contribution in [3.05, 3.63) is 47.2 Å². The Morgan fingerprint density at radius 3 is 2.80 bits per heavy atom.